The number of ether oxygens (including phenoxy) is 1. The summed E-state index contributed by atoms with van der Waals surface area (Å²) in [6.45, 7) is 14.9. The molecule has 3 atom stereocenters. The van der Waals surface area contributed by atoms with E-state index < -0.39 is 9.04 Å². The van der Waals surface area contributed by atoms with Crippen LogP contribution in [0, 0.1) is 18.3 Å². The Bertz CT molecular complexity index is 650. The molecule has 1 aliphatic carbocycles. The quantitative estimate of drug-likeness (QED) is 0.704. The highest BCUT2D eigenvalue weighted by molar-refractivity contribution is 6.48. The lowest BCUT2D eigenvalue weighted by Gasteiger charge is -2.49. The summed E-state index contributed by atoms with van der Waals surface area (Å²) in [5.74, 6) is 2.15. The number of aromatic nitrogens is 2. The van der Waals surface area contributed by atoms with E-state index >= 15 is 0 Å². The molecule has 0 spiro atoms. The molecule has 1 aromatic rings. The minimum atomic E-state index is -0.802. The van der Waals surface area contributed by atoms with E-state index in [4.69, 9.17) is 20.8 Å². The average molecular weight is 397 g/mol. The molecule has 0 N–H and O–H groups in total. The average Bonchev–Trinajstić information content (AvgIpc) is 2.56. The van der Waals surface area contributed by atoms with E-state index in [1.165, 1.54) is 12.8 Å². The lowest BCUT2D eigenvalue weighted by Crippen LogP contribution is -2.56. The van der Waals surface area contributed by atoms with Crippen LogP contribution in [0.1, 0.15) is 45.6 Å². The van der Waals surface area contributed by atoms with Crippen LogP contribution >= 0.6 is 11.6 Å². The summed E-state index contributed by atoms with van der Waals surface area (Å²) >= 11 is 6.17. The predicted octanol–water partition coefficient (Wildman–Crippen LogP) is 4.49. The maximum absolute atomic E-state index is 6.61. The first-order valence-electron chi connectivity index (χ1n) is 9.59. The number of halogens is 1. The highest BCUT2D eigenvalue weighted by atomic mass is 35.5. The molecule has 1 saturated carbocycles. The number of hydrogen-bond donors (Lipinski definition) is 0. The molecule has 145 valence electrons. The van der Waals surface area contributed by atoms with Gasteiger partial charge in [-0.15, -0.1) is 10.2 Å². The van der Waals surface area contributed by atoms with E-state index in [2.05, 4.69) is 49.0 Å². The summed E-state index contributed by atoms with van der Waals surface area (Å²) in [5.41, 5.74) is 1.09. The van der Waals surface area contributed by atoms with Crippen LogP contribution in [0.25, 0.3) is 0 Å². The van der Waals surface area contributed by atoms with Crippen LogP contribution in [0.2, 0.25) is 18.2 Å². The van der Waals surface area contributed by atoms with Gasteiger partial charge in [-0.25, -0.2) is 0 Å². The second-order valence-electron chi connectivity index (χ2n) is 8.77. The van der Waals surface area contributed by atoms with Crippen molar-refractivity contribution in [1.82, 2.24) is 10.2 Å². The molecule has 1 aliphatic heterocycles. The summed E-state index contributed by atoms with van der Waals surface area (Å²) < 4.78 is 12.5. The van der Waals surface area contributed by atoms with Crippen LogP contribution in [0.5, 0.6) is 5.75 Å². The van der Waals surface area contributed by atoms with E-state index in [0.717, 1.165) is 30.1 Å². The minimum absolute atomic E-state index is 0.219. The summed E-state index contributed by atoms with van der Waals surface area (Å²) in [6, 6.07) is 0.311. The van der Waals surface area contributed by atoms with E-state index in [1.807, 2.05) is 6.92 Å². The van der Waals surface area contributed by atoms with Crippen molar-refractivity contribution in [3.63, 3.8) is 0 Å². The van der Waals surface area contributed by atoms with Gasteiger partial charge in [-0.2, -0.15) is 0 Å². The molecule has 26 heavy (non-hydrogen) atoms. The van der Waals surface area contributed by atoms with Crippen LogP contribution < -0.4 is 9.64 Å². The Kier molecular flexibility index (Phi) is 5.85. The highest BCUT2D eigenvalue weighted by Gasteiger charge is 2.44. The van der Waals surface area contributed by atoms with E-state index in [9.17, 15) is 0 Å². The monoisotopic (exact) mass is 396 g/mol. The molecule has 0 bridgehead atoms. The van der Waals surface area contributed by atoms with Crippen LogP contribution in [0.3, 0.4) is 0 Å². The number of hydrogen-bond acceptors (Lipinski definition) is 5. The third kappa shape index (κ3) is 3.87. The predicted molar refractivity (Wildman–Crippen MR) is 108 cm³/mol. The second kappa shape index (κ2) is 7.64. The van der Waals surface area contributed by atoms with E-state index in [0.29, 0.717) is 23.7 Å². The van der Waals surface area contributed by atoms with Crippen LogP contribution in [0.15, 0.2) is 0 Å². The molecule has 1 fully saturated rings. The van der Waals surface area contributed by atoms with Crippen molar-refractivity contribution < 1.29 is 9.16 Å². The van der Waals surface area contributed by atoms with Crippen molar-refractivity contribution in [3.8, 4) is 5.75 Å². The molecule has 3 rings (SSSR count). The SMILES string of the molecule is Cc1c(Cl)nnc2c1OCCN2[C@@H]1CCCC(C(C)(C)C)[C@H]1O[Si](C)C. The van der Waals surface area contributed by atoms with Crippen molar-refractivity contribution in [1.29, 1.82) is 0 Å². The molecule has 5 nitrogen and oxygen atoms in total. The Morgan fingerprint density at radius 2 is 1.96 bits per heavy atom. The molecule has 7 heteroatoms. The lowest BCUT2D eigenvalue weighted by molar-refractivity contribution is 0.00914. The normalized spacial score (nSPS) is 26.6. The van der Waals surface area contributed by atoms with Crippen molar-refractivity contribution in [2.45, 2.75) is 72.2 Å². The van der Waals surface area contributed by atoms with Gasteiger partial charge >= 0.3 is 0 Å². The van der Waals surface area contributed by atoms with Gasteiger partial charge in [0.1, 0.15) is 6.61 Å². The first-order valence-corrected chi connectivity index (χ1v) is 12.4. The van der Waals surface area contributed by atoms with Crippen molar-refractivity contribution >= 4 is 26.5 Å². The van der Waals surface area contributed by atoms with Gasteiger partial charge in [-0.1, -0.05) is 38.8 Å². The molecule has 1 radical (unpaired) electrons. The number of anilines is 1. The first-order chi connectivity index (χ1) is 12.2. The summed E-state index contributed by atoms with van der Waals surface area (Å²) in [5, 5.41) is 8.98. The minimum Gasteiger partial charge on any atom is -0.487 e. The molecule has 2 heterocycles. The van der Waals surface area contributed by atoms with Gasteiger partial charge in [0.2, 0.25) is 9.04 Å². The lowest BCUT2D eigenvalue weighted by atomic mass is 9.69. The Labute approximate surface area is 164 Å². The Hall–Kier alpha value is -0.853. The van der Waals surface area contributed by atoms with Crippen LogP contribution in [0.4, 0.5) is 5.82 Å². The fourth-order valence-electron chi connectivity index (χ4n) is 4.34. The summed E-state index contributed by atoms with van der Waals surface area (Å²) in [6.07, 6.45) is 3.78. The second-order valence-corrected chi connectivity index (χ2v) is 11.2. The maximum Gasteiger partial charge on any atom is 0.205 e. The van der Waals surface area contributed by atoms with Crippen molar-refractivity contribution in [2.75, 3.05) is 18.1 Å². The van der Waals surface area contributed by atoms with Gasteiger partial charge in [-0.05, 0) is 44.2 Å². The van der Waals surface area contributed by atoms with Gasteiger partial charge in [0.05, 0.1) is 18.7 Å². The van der Waals surface area contributed by atoms with Crippen molar-refractivity contribution in [2.24, 2.45) is 11.3 Å². The third-order valence-corrected chi connectivity index (χ3v) is 6.71. The van der Waals surface area contributed by atoms with Gasteiger partial charge in [0.25, 0.3) is 0 Å². The standard InChI is InChI=1S/C19H31ClN3O2Si/c1-12-15-18(22-21-17(12)20)23(10-11-24-15)14-9-7-8-13(19(2,3)4)16(14)25-26(5)6/h13-14,16H,7-11H2,1-6H3/t13?,14-,16-/m1/s1. The Balaban J connectivity index is 1.98. The van der Waals surface area contributed by atoms with E-state index in [1.54, 1.807) is 0 Å². The van der Waals surface area contributed by atoms with Gasteiger partial charge in [-0.3, -0.25) is 0 Å². The smallest absolute Gasteiger partial charge is 0.205 e. The maximum atomic E-state index is 6.61. The number of rotatable bonds is 3. The molecule has 0 aromatic carbocycles. The fraction of sp³-hybridized carbons (Fsp3) is 0.789. The Morgan fingerprint density at radius 1 is 1.23 bits per heavy atom. The van der Waals surface area contributed by atoms with Crippen molar-refractivity contribution in [3.05, 3.63) is 10.7 Å². The largest absolute Gasteiger partial charge is 0.487 e. The molecular weight excluding hydrogens is 366 g/mol. The molecule has 1 aromatic heterocycles. The molecule has 2 aliphatic rings. The van der Waals surface area contributed by atoms with Gasteiger partial charge in [0, 0.05) is 5.56 Å². The zero-order valence-corrected chi connectivity index (χ0v) is 18.6. The number of fused-ring (bicyclic) bond motifs is 1. The molecule has 0 saturated heterocycles. The van der Waals surface area contributed by atoms with E-state index in [-0.39, 0.29) is 11.5 Å². The fourth-order valence-corrected chi connectivity index (χ4v) is 5.33. The molecular formula is C19H31ClN3O2Si. The topological polar surface area (TPSA) is 47.5 Å². The van der Waals surface area contributed by atoms with Crippen LogP contribution in [-0.2, 0) is 4.43 Å². The Morgan fingerprint density at radius 3 is 2.62 bits per heavy atom. The number of nitrogens with zero attached hydrogens (tertiary/aromatic N) is 3. The van der Waals surface area contributed by atoms with Crippen LogP contribution in [-0.4, -0.2) is 44.5 Å². The zero-order chi connectivity index (χ0) is 19.1. The third-order valence-electron chi connectivity index (χ3n) is 5.61. The zero-order valence-electron chi connectivity index (χ0n) is 16.8. The summed E-state index contributed by atoms with van der Waals surface area (Å²) in [7, 11) is -0.802. The highest BCUT2D eigenvalue weighted by Crippen LogP contribution is 2.44. The van der Waals surface area contributed by atoms with Gasteiger partial charge < -0.3 is 14.1 Å². The summed E-state index contributed by atoms with van der Waals surface area (Å²) in [4.78, 5) is 2.38. The van der Waals surface area contributed by atoms with Gasteiger partial charge in [0.15, 0.2) is 16.7 Å². The first kappa shape index (κ1) is 19.9. The molecule has 1 unspecified atom stereocenters. The molecule has 0 amide bonds.